The van der Waals surface area contributed by atoms with E-state index in [0.29, 0.717) is 12.3 Å². The SMILES string of the molecule is COc1ncccc1CC(C)(C(=O)O)C(C)C. The maximum atomic E-state index is 11.4. The van der Waals surface area contributed by atoms with Crippen LogP contribution in [0.15, 0.2) is 18.3 Å². The molecule has 1 unspecified atom stereocenters. The lowest BCUT2D eigenvalue weighted by Gasteiger charge is -2.29. The number of methoxy groups -OCH3 is 1. The number of hydrogen-bond donors (Lipinski definition) is 1. The molecule has 1 heterocycles. The smallest absolute Gasteiger partial charge is 0.309 e. The van der Waals surface area contributed by atoms with Crippen molar-refractivity contribution >= 4 is 5.97 Å². The van der Waals surface area contributed by atoms with Gasteiger partial charge in [0.15, 0.2) is 0 Å². The number of aromatic nitrogens is 1. The normalized spacial score (nSPS) is 14.4. The number of carboxylic acid groups (broad SMARTS) is 1. The van der Waals surface area contributed by atoms with Crippen molar-refractivity contribution in [2.45, 2.75) is 27.2 Å². The lowest BCUT2D eigenvalue weighted by Crippen LogP contribution is -2.35. The van der Waals surface area contributed by atoms with Crippen LogP contribution in [0.1, 0.15) is 26.3 Å². The molecule has 0 aliphatic carbocycles. The van der Waals surface area contributed by atoms with Crippen LogP contribution in [0.5, 0.6) is 5.88 Å². The van der Waals surface area contributed by atoms with Crippen LogP contribution in [-0.2, 0) is 11.2 Å². The Kier molecular flexibility index (Phi) is 4.10. The van der Waals surface area contributed by atoms with Crippen LogP contribution in [0.2, 0.25) is 0 Å². The first-order valence-electron chi connectivity index (χ1n) is 5.63. The number of carbonyl (C=O) groups is 1. The van der Waals surface area contributed by atoms with Crippen LogP contribution in [0.3, 0.4) is 0 Å². The highest BCUT2D eigenvalue weighted by atomic mass is 16.5. The summed E-state index contributed by atoms with van der Waals surface area (Å²) in [4.78, 5) is 15.5. The van der Waals surface area contributed by atoms with Crippen molar-refractivity contribution in [2.24, 2.45) is 11.3 Å². The molecule has 0 aliphatic heterocycles. The van der Waals surface area contributed by atoms with Gasteiger partial charge < -0.3 is 9.84 Å². The van der Waals surface area contributed by atoms with Gasteiger partial charge in [-0.3, -0.25) is 4.79 Å². The third-order valence-corrected chi connectivity index (χ3v) is 3.36. The summed E-state index contributed by atoms with van der Waals surface area (Å²) in [5.41, 5.74) is 0.0182. The topological polar surface area (TPSA) is 59.4 Å². The predicted molar refractivity (Wildman–Crippen MR) is 65.1 cm³/mol. The Morgan fingerprint density at radius 1 is 1.59 bits per heavy atom. The Bertz CT molecular complexity index is 403. The predicted octanol–water partition coefficient (Wildman–Crippen LogP) is 2.38. The Morgan fingerprint density at radius 2 is 2.24 bits per heavy atom. The Labute approximate surface area is 102 Å². The molecule has 0 bridgehead atoms. The van der Waals surface area contributed by atoms with Crippen LogP contribution < -0.4 is 4.74 Å². The Balaban J connectivity index is 3.06. The van der Waals surface area contributed by atoms with Crippen molar-refractivity contribution in [3.05, 3.63) is 23.9 Å². The van der Waals surface area contributed by atoms with E-state index in [9.17, 15) is 9.90 Å². The van der Waals surface area contributed by atoms with Gasteiger partial charge in [-0.15, -0.1) is 0 Å². The van der Waals surface area contributed by atoms with Crippen LogP contribution in [0.4, 0.5) is 0 Å². The molecular weight excluding hydrogens is 218 g/mol. The number of nitrogens with zero attached hydrogens (tertiary/aromatic N) is 1. The van der Waals surface area contributed by atoms with Crippen molar-refractivity contribution in [3.63, 3.8) is 0 Å². The fourth-order valence-corrected chi connectivity index (χ4v) is 1.66. The van der Waals surface area contributed by atoms with E-state index in [1.165, 1.54) is 0 Å². The van der Waals surface area contributed by atoms with Crippen molar-refractivity contribution in [1.29, 1.82) is 0 Å². The number of carboxylic acids is 1. The fraction of sp³-hybridized carbons (Fsp3) is 0.538. The molecule has 1 aromatic heterocycles. The Hall–Kier alpha value is -1.58. The average Bonchev–Trinajstić information content (AvgIpc) is 2.29. The molecular formula is C13H19NO3. The first-order valence-corrected chi connectivity index (χ1v) is 5.63. The maximum absolute atomic E-state index is 11.4. The molecule has 0 spiro atoms. The molecule has 4 heteroatoms. The van der Waals surface area contributed by atoms with Gasteiger partial charge in [-0.1, -0.05) is 19.9 Å². The molecule has 0 aromatic carbocycles. The van der Waals surface area contributed by atoms with E-state index in [1.54, 1.807) is 26.3 Å². The highest BCUT2D eigenvalue weighted by molar-refractivity contribution is 5.75. The molecule has 1 rings (SSSR count). The van der Waals surface area contributed by atoms with Crippen LogP contribution >= 0.6 is 0 Å². The quantitative estimate of drug-likeness (QED) is 0.854. The summed E-state index contributed by atoms with van der Waals surface area (Å²) in [5, 5.41) is 9.37. The molecule has 1 atom stereocenters. The number of aliphatic carboxylic acids is 1. The first-order chi connectivity index (χ1) is 7.91. The zero-order valence-electron chi connectivity index (χ0n) is 10.7. The number of hydrogen-bond acceptors (Lipinski definition) is 3. The molecule has 0 saturated heterocycles. The largest absolute Gasteiger partial charge is 0.481 e. The second-order valence-electron chi connectivity index (χ2n) is 4.73. The molecule has 1 N–H and O–H groups in total. The van der Waals surface area contributed by atoms with Gasteiger partial charge in [0.1, 0.15) is 0 Å². The van der Waals surface area contributed by atoms with Gasteiger partial charge in [-0.25, -0.2) is 4.98 Å². The summed E-state index contributed by atoms with van der Waals surface area (Å²) < 4.78 is 5.15. The molecule has 0 amide bonds. The van der Waals surface area contributed by atoms with Crippen molar-refractivity contribution in [1.82, 2.24) is 4.98 Å². The van der Waals surface area contributed by atoms with Gasteiger partial charge in [0.25, 0.3) is 0 Å². The third-order valence-electron chi connectivity index (χ3n) is 3.36. The van der Waals surface area contributed by atoms with E-state index >= 15 is 0 Å². The van der Waals surface area contributed by atoms with Crippen LogP contribution in [0.25, 0.3) is 0 Å². The fourth-order valence-electron chi connectivity index (χ4n) is 1.66. The first kappa shape index (κ1) is 13.5. The Morgan fingerprint density at radius 3 is 2.71 bits per heavy atom. The van der Waals surface area contributed by atoms with Gasteiger partial charge in [0.05, 0.1) is 12.5 Å². The van der Waals surface area contributed by atoms with Crippen LogP contribution in [-0.4, -0.2) is 23.2 Å². The summed E-state index contributed by atoms with van der Waals surface area (Å²) in [6.07, 6.45) is 2.05. The average molecular weight is 237 g/mol. The van der Waals surface area contributed by atoms with Gasteiger partial charge in [0, 0.05) is 11.8 Å². The molecule has 0 aliphatic rings. The molecule has 94 valence electrons. The van der Waals surface area contributed by atoms with Gasteiger partial charge in [0.2, 0.25) is 5.88 Å². The van der Waals surface area contributed by atoms with Gasteiger partial charge in [-0.2, -0.15) is 0 Å². The maximum Gasteiger partial charge on any atom is 0.309 e. The van der Waals surface area contributed by atoms with E-state index < -0.39 is 11.4 Å². The van der Waals surface area contributed by atoms with E-state index in [4.69, 9.17) is 4.74 Å². The van der Waals surface area contributed by atoms with Gasteiger partial charge >= 0.3 is 5.97 Å². The molecule has 0 fully saturated rings. The summed E-state index contributed by atoms with van der Waals surface area (Å²) in [7, 11) is 1.54. The van der Waals surface area contributed by atoms with E-state index in [2.05, 4.69) is 4.98 Å². The summed E-state index contributed by atoms with van der Waals surface area (Å²) in [6, 6.07) is 3.65. The van der Waals surface area contributed by atoms with Crippen LogP contribution in [0, 0.1) is 11.3 Å². The third kappa shape index (κ3) is 2.75. The van der Waals surface area contributed by atoms with Gasteiger partial charge in [-0.05, 0) is 25.3 Å². The second-order valence-corrected chi connectivity index (χ2v) is 4.73. The number of rotatable bonds is 5. The minimum absolute atomic E-state index is 0.0323. The summed E-state index contributed by atoms with van der Waals surface area (Å²) >= 11 is 0. The highest BCUT2D eigenvalue weighted by Gasteiger charge is 2.37. The van der Waals surface area contributed by atoms with Crippen molar-refractivity contribution < 1.29 is 14.6 Å². The van der Waals surface area contributed by atoms with E-state index in [-0.39, 0.29) is 5.92 Å². The van der Waals surface area contributed by atoms with E-state index in [0.717, 1.165) is 5.56 Å². The lowest BCUT2D eigenvalue weighted by atomic mass is 9.74. The van der Waals surface area contributed by atoms with Crippen molar-refractivity contribution in [2.75, 3.05) is 7.11 Å². The van der Waals surface area contributed by atoms with E-state index in [1.807, 2.05) is 19.9 Å². The second kappa shape index (κ2) is 5.17. The molecule has 17 heavy (non-hydrogen) atoms. The molecule has 0 radical (unpaired) electrons. The number of pyridine rings is 1. The lowest BCUT2D eigenvalue weighted by molar-refractivity contribution is -0.150. The van der Waals surface area contributed by atoms with Crippen molar-refractivity contribution in [3.8, 4) is 5.88 Å². The summed E-state index contributed by atoms with van der Waals surface area (Å²) in [5.74, 6) is -0.260. The monoisotopic (exact) mass is 237 g/mol. The minimum atomic E-state index is -0.809. The molecule has 4 nitrogen and oxygen atoms in total. The minimum Gasteiger partial charge on any atom is -0.481 e. The summed E-state index contributed by atoms with van der Waals surface area (Å²) in [6.45, 7) is 5.58. The zero-order valence-corrected chi connectivity index (χ0v) is 10.7. The highest BCUT2D eigenvalue weighted by Crippen LogP contribution is 2.33. The molecule has 0 saturated carbocycles. The standard InChI is InChI=1S/C13H19NO3/c1-9(2)13(3,12(15)16)8-10-6-5-7-14-11(10)17-4/h5-7,9H,8H2,1-4H3,(H,15,16). The zero-order chi connectivity index (χ0) is 13.1. The number of ether oxygens (including phenoxy) is 1. The molecule has 1 aromatic rings.